The van der Waals surface area contributed by atoms with E-state index in [-0.39, 0.29) is 41.8 Å². The van der Waals surface area contributed by atoms with Gasteiger partial charge in [0.25, 0.3) is 0 Å². The lowest BCUT2D eigenvalue weighted by atomic mass is 9.33. The Bertz CT molecular complexity index is 1800. The van der Waals surface area contributed by atoms with Crippen LogP contribution < -0.4 is 0 Å². The minimum absolute atomic E-state index is 0.107. The van der Waals surface area contributed by atoms with Gasteiger partial charge in [-0.05, 0) is 104 Å². The van der Waals surface area contributed by atoms with Gasteiger partial charge >= 0.3 is 5.97 Å². The zero-order valence-electron chi connectivity index (χ0n) is 39.0. The van der Waals surface area contributed by atoms with E-state index in [0.29, 0.717) is 32.1 Å². The number of aliphatic hydroxyl groups is 11. The first-order chi connectivity index (χ1) is 30.9. The summed E-state index contributed by atoms with van der Waals surface area (Å²) in [4.78, 5) is 12.6. The minimum Gasteiger partial charge on any atom is -0.481 e. The fraction of sp³-hybridized carbons (Fsp3) is 0.936. The summed E-state index contributed by atoms with van der Waals surface area (Å²) >= 11 is 0. The number of allylic oxidation sites excluding steroid dienone is 2. The van der Waals surface area contributed by atoms with E-state index in [9.17, 15) is 66.1 Å². The Morgan fingerprint density at radius 2 is 1.29 bits per heavy atom. The average molecular weight is 945 g/mol. The molecular weight excluding hydrogens is 868 g/mol. The van der Waals surface area contributed by atoms with E-state index in [1.807, 2.05) is 0 Å². The number of ether oxygens (including phenoxy) is 6. The van der Waals surface area contributed by atoms with Crippen molar-refractivity contribution in [1.29, 1.82) is 0 Å². The molecule has 0 aromatic heterocycles. The van der Waals surface area contributed by atoms with Crippen LogP contribution in [0.25, 0.3) is 0 Å². The molecule has 4 saturated carbocycles. The molecular formula is C47H76O19. The Morgan fingerprint density at radius 1 is 0.682 bits per heavy atom. The number of hydrogen-bond donors (Lipinski definition) is 12. The molecule has 0 spiro atoms. The zero-order valence-corrected chi connectivity index (χ0v) is 39.0. The van der Waals surface area contributed by atoms with E-state index in [2.05, 4.69) is 40.7 Å². The van der Waals surface area contributed by atoms with Crippen LogP contribution in [0.5, 0.6) is 0 Å². The van der Waals surface area contributed by atoms with E-state index in [4.69, 9.17) is 28.4 Å². The maximum atomic E-state index is 12.6. The number of aliphatic carboxylic acids is 1. The molecule has 0 unspecified atom stereocenters. The van der Waals surface area contributed by atoms with Gasteiger partial charge in [-0.15, -0.1) is 0 Å². The highest BCUT2D eigenvalue weighted by molar-refractivity contribution is 5.74. The van der Waals surface area contributed by atoms with Crippen molar-refractivity contribution >= 4 is 5.97 Å². The summed E-state index contributed by atoms with van der Waals surface area (Å²) < 4.78 is 36.4. The van der Waals surface area contributed by atoms with Crippen LogP contribution in [0.3, 0.4) is 0 Å². The predicted octanol–water partition coefficient (Wildman–Crippen LogP) is -0.711. The first-order valence-electron chi connectivity index (χ1n) is 24.0. The van der Waals surface area contributed by atoms with Gasteiger partial charge in [0.1, 0.15) is 67.1 Å². The average Bonchev–Trinajstić information content (AvgIpc) is 3.27. The first-order valence-corrected chi connectivity index (χ1v) is 24.0. The Morgan fingerprint density at radius 3 is 1.86 bits per heavy atom. The lowest BCUT2D eigenvalue weighted by Gasteiger charge is -2.72. The fourth-order valence-electron chi connectivity index (χ4n) is 15.0. The van der Waals surface area contributed by atoms with Gasteiger partial charge in [-0.2, -0.15) is 0 Å². The molecule has 3 heterocycles. The third kappa shape index (κ3) is 7.68. The van der Waals surface area contributed by atoms with Crippen LogP contribution in [0.2, 0.25) is 0 Å². The number of rotatable bonds is 10. The Labute approximate surface area is 385 Å². The van der Waals surface area contributed by atoms with Crippen molar-refractivity contribution in [2.45, 2.75) is 198 Å². The van der Waals surface area contributed by atoms with Crippen LogP contribution in [0.15, 0.2) is 11.6 Å². The summed E-state index contributed by atoms with van der Waals surface area (Å²) in [6.45, 7) is 11.0. The van der Waals surface area contributed by atoms with Crippen LogP contribution >= 0.6 is 0 Å². The molecule has 5 aliphatic carbocycles. The van der Waals surface area contributed by atoms with Gasteiger partial charge in [0, 0.05) is 5.41 Å². The molecule has 3 aliphatic heterocycles. The topological polar surface area (TPSA) is 315 Å². The molecule has 8 rings (SSSR count). The van der Waals surface area contributed by atoms with E-state index >= 15 is 0 Å². The lowest BCUT2D eigenvalue weighted by molar-refractivity contribution is -0.382. The molecule has 12 N–H and O–H groups in total. The molecule has 0 bridgehead atoms. The Balaban J connectivity index is 1.05. The molecule has 378 valence electrons. The van der Waals surface area contributed by atoms with E-state index < -0.39 is 139 Å². The summed E-state index contributed by atoms with van der Waals surface area (Å²) in [5.41, 5.74) is -2.06. The highest BCUT2D eigenvalue weighted by Gasteiger charge is 2.71. The van der Waals surface area contributed by atoms with E-state index in [1.165, 1.54) is 5.57 Å². The van der Waals surface area contributed by atoms with Crippen molar-refractivity contribution in [3.8, 4) is 0 Å². The number of carbonyl (C=O) groups is 1. The summed E-state index contributed by atoms with van der Waals surface area (Å²) in [7, 11) is 0. The number of aliphatic hydroxyl groups excluding tert-OH is 11. The fourth-order valence-corrected chi connectivity index (χ4v) is 15.0. The molecule has 8 aliphatic rings. The van der Waals surface area contributed by atoms with Gasteiger partial charge in [-0.1, -0.05) is 46.3 Å². The lowest BCUT2D eigenvalue weighted by Crippen LogP contribution is -2.68. The summed E-state index contributed by atoms with van der Waals surface area (Å²) in [5, 5.41) is 129. The third-order valence-electron chi connectivity index (χ3n) is 19.4. The quantitative estimate of drug-likeness (QED) is 0.0951. The van der Waals surface area contributed by atoms with Crippen molar-refractivity contribution < 1.29 is 94.5 Å². The highest BCUT2D eigenvalue weighted by Crippen LogP contribution is 2.76. The molecule has 66 heavy (non-hydrogen) atoms. The van der Waals surface area contributed by atoms with Gasteiger partial charge < -0.3 is 89.7 Å². The van der Waals surface area contributed by atoms with Crippen LogP contribution in [0.1, 0.15) is 99.3 Å². The van der Waals surface area contributed by atoms with Crippen molar-refractivity contribution in [3.05, 3.63) is 11.6 Å². The van der Waals surface area contributed by atoms with Gasteiger partial charge in [0.2, 0.25) is 0 Å². The van der Waals surface area contributed by atoms with Gasteiger partial charge in [0.15, 0.2) is 18.9 Å². The number of fused-ring (bicyclic) bond motifs is 7. The molecule has 3 saturated heterocycles. The van der Waals surface area contributed by atoms with Gasteiger partial charge in [0.05, 0.1) is 44.1 Å². The molecule has 0 radical (unpaired) electrons. The second kappa shape index (κ2) is 18.0. The van der Waals surface area contributed by atoms with Crippen LogP contribution in [-0.2, 0) is 33.2 Å². The van der Waals surface area contributed by atoms with Crippen molar-refractivity contribution in [2.75, 3.05) is 26.4 Å². The van der Waals surface area contributed by atoms with Crippen LogP contribution in [0, 0.1) is 50.2 Å². The Kier molecular flexibility index (Phi) is 13.9. The number of hydrogen-bond acceptors (Lipinski definition) is 18. The van der Waals surface area contributed by atoms with Crippen molar-refractivity contribution in [3.63, 3.8) is 0 Å². The van der Waals surface area contributed by atoms with Gasteiger partial charge in [-0.25, -0.2) is 0 Å². The second-order valence-corrected chi connectivity index (χ2v) is 22.9. The second-order valence-electron chi connectivity index (χ2n) is 22.9. The summed E-state index contributed by atoms with van der Waals surface area (Å²) in [5.74, 6) is -0.847. The maximum absolute atomic E-state index is 12.6. The van der Waals surface area contributed by atoms with E-state index in [0.717, 1.165) is 25.7 Å². The van der Waals surface area contributed by atoms with Crippen molar-refractivity contribution in [1.82, 2.24) is 0 Å². The highest BCUT2D eigenvalue weighted by atomic mass is 16.8. The smallest absolute Gasteiger partial charge is 0.309 e. The Hall–Kier alpha value is -1.47. The first kappa shape index (κ1) is 50.9. The maximum Gasteiger partial charge on any atom is 0.309 e. The van der Waals surface area contributed by atoms with Crippen LogP contribution in [-0.4, -0.2) is 192 Å². The predicted molar refractivity (Wildman–Crippen MR) is 227 cm³/mol. The SMILES string of the molecule is CC1(C)[C@@H](O[C@@H]2OC[C@H](O[C@@H]3O[C@H](CO)[C@@H](O)[C@H](O)[C@H]3O)[C@H](O)[C@H]2O[C@@H]2O[C@H](CO)[C@@H](O)[C@H](O)[C@H]2O)CC[C@]2(C)[C@H]3CC=C4[C@@H]5C[C@](C)(C(=O)O)CC[C@]5(CO)[C@H](O)C[C@@]4(C)[C@]3(C)CC[C@@H]12. The molecule has 19 heteroatoms. The largest absolute Gasteiger partial charge is 0.481 e. The normalized spacial score (nSPS) is 54.8. The molecule has 0 aromatic carbocycles. The number of carboxylic acids is 1. The minimum atomic E-state index is -1.84. The number of carboxylic acid groups (broad SMARTS) is 1. The van der Waals surface area contributed by atoms with Crippen LogP contribution in [0.4, 0.5) is 0 Å². The van der Waals surface area contributed by atoms with Gasteiger partial charge in [-0.3, -0.25) is 4.79 Å². The molecule has 7 fully saturated rings. The van der Waals surface area contributed by atoms with Crippen molar-refractivity contribution in [2.24, 2.45) is 50.2 Å². The van der Waals surface area contributed by atoms with E-state index in [1.54, 1.807) is 6.92 Å². The molecule has 0 amide bonds. The zero-order chi connectivity index (χ0) is 48.3. The third-order valence-corrected chi connectivity index (χ3v) is 19.4. The molecule has 0 aromatic rings. The summed E-state index contributed by atoms with van der Waals surface area (Å²) in [6.07, 6.45) is -16.1. The monoisotopic (exact) mass is 944 g/mol. The standard InChI is InChI=1S/C47H76O19/c1-42(2)26-9-12-45(5)27(8-7-21-22-15-43(3,41(59)60)13-14-47(22,20-50)28(51)16-46(21,45)6)44(26,4)11-10-29(42)65-40-37(66-39-36(58)34(56)31(53)24(18-49)63-39)32(54)25(19-61-40)64-38-35(57)33(55)30(52)23(17-48)62-38/h7,22-40,48-58H,8-20H2,1-6H3,(H,59,60)/t22-,23+,24+,25-,26-,27+,28+,29-,30+,31+,32-,33-,34-,35+,36+,37+,38-,39-,40-,43+,44-,45+,46+,47+/m0/s1. The molecule has 19 nitrogen and oxygen atoms in total. The molecule has 24 atom stereocenters. The summed E-state index contributed by atoms with van der Waals surface area (Å²) in [6, 6.07) is 0.